The third-order valence-corrected chi connectivity index (χ3v) is 4.57. The van der Waals surface area contributed by atoms with E-state index in [1.165, 1.54) is 6.07 Å². The van der Waals surface area contributed by atoms with Crippen LogP contribution in [-0.4, -0.2) is 14.7 Å². The van der Waals surface area contributed by atoms with E-state index in [1.54, 1.807) is 6.07 Å². The van der Waals surface area contributed by atoms with Crippen LogP contribution in [0.25, 0.3) is 11.1 Å². The maximum atomic E-state index is 11.4. The largest absolute Gasteiger partial charge is 0.277 e. The summed E-state index contributed by atoms with van der Waals surface area (Å²) in [5.74, 6) is 0. The minimum absolute atomic E-state index is 0.0653. The predicted octanol–water partition coefficient (Wildman–Crippen LogP) is 5.02. The van der Waals surface area contributed by atoms with Gasteiger partial charge < -0.3 is 0 Å². The maximum absolute atomic E-state index is 11.4. The Balaban J connectivity index is 2.16. The van der Waals surface area contributed by atoms with Crippen LogP contribution < -0.4 is 0 Å². The zero-order valence-corrected chi connectivity index (χ0v) is 13.8. The summed E-state index contributed by atoms with van der Waals surface area (Å²) in [5, 5.41) is 11.4. The van der Waals surface area contributed by atoms with Gasteiger partial charge in [-0.3, -0.25) is 10.1 Å². The zero-order chi connectivity index (χ0) is 16.4. The molecule has 2 aliphatic carbocycles. The van der Waals surface area contributed by atoms with Crippen LogP contribution in [-0.2, 0) is 0 Å². The van der Waals surface area contributed by atoms with E-state index in [9.17, 15) is 10.1 Å². The molecular weight excluding hydrogens is 326 g/mol. The number of nitro groups is 1. The lowest BCUT2D eigenvalue weighted by atomic mass is 9.90. The molecule has 114 valence electrons. The van der Waals surface area contributed by atoms with Crippen LogP contribution in [0, 0.1) is 10.1 Å². The van der Waals surface area contributed by atoms with Crippen LogP contribution >= 0.6 is 24.4 Å². The number of nitro benzene ring substituents is 1. The van der Waals surface area contributed by atoms with Crippen molar-refractivity contribution in [3.63, 3.8) is 0 Å². The Morgan fingerprint density at radius 2 is 1.57 bits per heavy atom. The van der Waals surface area contributed by atoms with E-state index in [-0.39, 0.29) is 10.6 Å². The summed E-state index contributed by atoms with van der Waals surface area (Å²) in [4.78, 5) is 12.6. The maximum Gasteiger partial charge on any atom is 0.277 e. The summed E-state index contributed by atoms with van der Waals surface area (Å²) in [6, 6.07) is 5.11. The van der Waals surface area contributed by atoms with Crippen molar-refractivity contribution < 1.29 is 4.92 Å². The highest BCUT2D eigenvalue weighted by Crippen LogP contribution is 2.33. The average Bonchev–Trinajstić information content (AvgIpc) is 2.55. The normalized spacial score (nSPS) is 17.0. The van der Waals surface area contributed by atoms with E-state index in [1.807, 2.05) is 42.5 Å². The molecule has 2 aliphatic rings. The zero-order valence-electron chi connectivity index (χ0n) is 12.2. The molecule has 3 nitrogen and oxygen atoms in total. The lowest BCUT2D eigenvalue weighted by molar-refractivity contribution is -0.385. The monoisotopic (exact) mass is 339 g/mol. The Morgan fingerprint density at radius 3 is 2.13 bits per heavy atom. The summed E-state index contributed by atoms with van der Waals surface area (Å²) >= 11 is 10.8. The second-order valence-electron chi connectivity index (χ2n) is 5.26. The number of thiocarbonyl (C=S) groups is 2. The Hall–Kier alpha value is -2.24. The molecule has 0 aliphatic heterocycles. The van der Waals surface area contributed by atoms with E-state index in [2.05, 4.69) is 0 Å². The first-order chi connectivity index (χ1) is 11.1. The van der Waals surface area contributed by atoms with E-state index in [0.29, 0.717) is 16.8 Å². The van der Waals surface area contributed by atoms with Gasteiger partial charge in [-0.05, 0) is 23.3 Å². The first-order valence-corrected chi connectivity index (χ1v) is 7.99. The minimum atomic E-state index is -0.367. The fraction of sp³-hybridized carbons (Fsp3) is 0.111. The standard InChI is InChI=1S/C18H13NO2S2/c20-19(21)16-10-9-12(13-5-1-3-7-17(13)22)11-15(16)14-6-2-4-8-18(14)23/h1-6,9-11H,7-8H2. The van der Waals surface area contributed by atoms with E-state index in [0.717, 1.165) is 28.0 Å². The molecule has 1 aromatic carbocycles. The highest BCUT2D eigenvalue weighted by Gasteiger charge is 2.22. The van der Waals surface area contributed by atoms with Crippen molar-refractivity contribution in [1.29, 1.82) is 0 Å². The molecule has 23 heavy (non-hydrogen) atoms. The number of hydrogen-bond acceptors (Lipinski definition) is 4. The van der Waals surface area contributed by atoms with Gasteiger partial charge in [-0.25, -0.2) is 0 Å². The molecule has 0 unspecified atom stereocenters. The van der Waals surface area contributed by atoms with Crippen molar-refractivity contribution in [3.05, 3.63) is 75.9 Å². The lowest BCUT2D eigenvalue weighted by Gasteiger charge is -2.15. The molecule has 0 saturated carbocycles. The highest BCUT2D eigenvalue weighted by atomic mass is 32.1. The number of allylic oxidation sites excluding steroid dienone is 8. The van der Waals surface area contributed by atoms with Gasteiger partial charge in [-0.1, -0.05) is 60.9 Å². The van der Waals surface area contributed by atoms with E-state index >= 15 is 0 Å². The molecule has 0 spiro atoms. The smallest absolute Gasteiger partial charge is 0.258 e. The van der Waals surface area contributed by atoms with Crippen molar-refractivity contribution in [2.75, 3.05) is 0 Å². The van der Waals surface area contributed by atoms with Crippen molar-refractivity contribution in [1.82, 2.24) is 0 Å². The molecule has 0 aromatic heterocycles. The second kappa shape index (κ2) is 6.48. The Morgan fingerprint density at radius 1 is 0.957 bits per heavy atom. The van der Waals surface area contributed by atoms with Crippen molar-refractivity contribution in [3.8, 4) is 0 Å². The van der Waals surface area contributed by atoms with Gasteiger partial charge in [0, 0.05) is 34.2 Å². The highest BCUT2D eigenvalue weighted by molar-refractivity contribution is 7.81. The van der Waals surface area contributed by atoms with Crippen LogP contribution in [0.4, 0.5) is 5.69 Å². The SMILES string of the molecule is O=[N+]([O-])c1ccc(C2=CC=CCC2=S)cc1C1=CC=CCC1=S. The number of hydrogen-bond donors (Lipinski definition) is 0. The third kappa shape index (κ3) is 3.11. The van der Waals surface area contributed by atoms with Gasteiger partial charge in [-0.15, -0.1) is 0 Å². The Labute approximate surface area is 144 Å². The van der Waals surface area contributed by atoms with Crippen LogP contribution in [0.2, 0.25) is 0 Å². The molecule has 0 saturated heterocycles. The van der Waals surface area contributed by atoms with Crippen LogP contribution in [0.1, 0.15) is 24.0 Å². The quantitative estimate of drug-likeness (QED) is 0.440. The van der Waals surface area contributed by atoms with Crippen LogP contribution in [0.15, 0.2) is 54.7 Å². The molecule has 1 aromatic rings. The summed E-state index contributed by atoms with van der Waals surface area (Å²) in [7, 11) is 0. The van der Waals surface area contributed by atoms with Crippen molar-refractivity contribution in [2.24, 2.45) is 0 Å². The molecule has 0 radical (unpaired) electrons. The second-order valence-corrected chi connectivity index (χ2v) is 6.25. The molecule has 0 N–H and O–H groups in total. The number of nitrogens with zero attached hydrogens (tertiary/aromatic N) is 1. The molecule has 0 fully saturated rings. The third-order valence-electron chi connectivity index (χ3n) is 3.80. The molecule has 0 atom stereocenters. The molecule has 0 bridgehead atoms. The van der Waals surface area contributed by atoms with Crippen molar-refractivity contribution >= 4 is 51.0 Å². The molecular formula is C18H13NO2S2. The molecule has 0 amide bonds. The number of benzene rings is 1. The Kier molecular flexibility index (Phi) is 4.41. The van der Waals surface area contributed by atoms with Gasteiger partial charge >= 0.3 is 0 Å². The van der Waals surface area contributed by atoms with Gasteiger partial charge in [0.25, 0.3) is 5.69 Å². The van der Waals surface area contributed by atoms with Crippen LogP contribution in [0.3, 0.4) is 0 Å². The topological polar surface area (TPSA) is 43.1 Å². The van der Waals surface area contributed by atoms with E-state index in [4.69, 9.17) is 24.4 Å². The lowest BCUT2D eigenvalue weighted by Crippen LogP contribution is -2.06. The minimum Gasteiger partial charge on any atom is -0.258 e. The van der Waals surface area contributed by atoms with Gasteiger partial charge in [0.15, 0.2) is 0 Å². The fourth-order valence-electron chi connectivity index (χ4n) is 2.66. The summed E-state index contributed by atoms with van der Waals surface area (Å²) < 4.78 is 0. The number of rotatable bonds is 3. The summed E-state index contributed by atoms with van der Waals surface area (Å²) in [6.45, 7) is 0. The fourth-order valence-corrected chi connectivity index (χ4v) is 3.22. The first-order valence-electron chi connectivity index (χ1n) is 7.17. The van der Waals surface area contributed by atoms with Gasteiger partial charge in [0.05, 0.1) is 10.5 Å². The average molecular weight is 339 g/mol. The summed E-state index contributed by atoms with van der Waals surface area (Å²) in [6.07, 6.45) is 12.9. The predicted molar refractivity (Wildman–Crippen MR) is 102 cm³/mol. The van der Waals surface area contributed by atoms with Crippen molar-refractivity contribution in [2.45, 2.75) is 12.8 Å². The van der Waals surface area contributed by atoms with Gasteiger partial charge in [0.1, 0.15) is 0 Å². The van der Waals surface area contributed by atoms with Gasteiger partial charge in [0.2, 0.25) is 0 Å². The van der Waals surface area contributed by atoms with Crippen LogP contribution in [0.5, 0.6) is 0 Å². The molecule has 0 heterocycles. The molecule has 3 rings (SSSR count). The van der Waals surface area contributed by atoms with E-state index < -0.39 is 0 Å². The summed E-state index contributed by atoms with van der Waals surface area (Å²) in [5.41, 5.74) is 3.19. The first kappa shape index (κ1) is 15.6. The van der Waals surface area contributed by atoms with Gasteiger partial charge in [-0.2, -0.15) is 0 Å². The Bertz CT molecular complexity index is 845. The molecule has 5 heteroatoms.